The summed E-state index contributed by atoms with van der Waals surface area (Å²) in [7, 11) is 0. The van der Waals surface area contributed by atoms with Gasteiger partial charge >= 0.3 is 0 Å². The molecule has 0 heterocycles. The van der Waals surface area contributed by atoms with Crippen LogP contribution < -0.4 is 5.73 Å². The van der Waals surface area contributed by atoms with E-state index >= 15 is 0 Å². The van der Waals surface area contributed by atoms with Crippen molar-refractivity contribution in [2.45, 2.75) is 90.0 Å². The molecule has 0 aromatic carbocycles. The van der Waals surface area contributed by atoms with Crippen molar-refractivity contribution in [1.82, 2.24) is 0 Å². The highest BCUT2D eigenvalue weighted by molar-refractivity contribution is 5.88. The molecule has 2 heteroatoms. The van der Waals surface area contributed by atoms with E-state index in [1.807, 2.05) is 6.92 Å². The molecule has 1 fully saturated rings. The third-order valence-electron chi connectivity index (χ3n) is 4.28. The molecule has 1 atom stereocenters. The Morgan fingerprint density at radius 2 is 1.56 bits per heavy atom. The number of unbranched alkanes of at least 4 members (excludes halogenated alkanes) is 7. The summed E-state index contributed by atoms with van der Waals surface area (Å²) in [5.74, 6) is 0.759. The molecule has 1 aliphatic carbocycles. The van der Waals surface area contributed by atoms with Crippen molar-refractivity contribution in [3.8, 4) is 0 Å². The van der Waals surface area contributed by atoms with Crippen LogP contribution >= 0.6 is 0 Å². The van der Waals surface area contributed by atoms with Gasteiger partial charge in [-0.2, -0.15) is 0 Å². The van der Waals surface area contributed by atoms with Gasteiger partial charge in [0, 0.05) is 6.42 Å². The van der Waals surface area contributed by atoms with Gasteiger partial charge in [-0.3, -0.25) is 4.79 Å². The Labute approximate surface area is 113 Å². The first-order chi connectivity index (χ1) is 8.59. The summed E-state index contributed by atoms with van der Waals surface area (Å²) in [4.78, 5) is 12.0. The maximum atomic E-state index is 12.0. The van der Waals surface area contributed by atoms with Gasteiger partial charge < -0.3 is 5.73 Å². The van der Waals surface area contributed by atoms with Crippen molar-refractivity contribution in [3.63, 3.8) is 0 Å². The van der Waals surface area contributed by atoms with Crippen molar-refractivity contribution < 1.29 is 4.79 Å². The number of carbonyl (C=O) groups excluding carboxylic acids is 1. The third kappa shape index (κ3) is 5.51. The molecule has 1 saturated carbocycles. The van der Waals surface area contributed by atoms with E-state index in [0.717, 1.165) is 19.3 Å². The lowest BCUT2D eigenvalue weighted by atomic mass is 9.88. The number of rotatable bonds is 11. The van der Waals surface area contributed by atoms with Crippen molar-refractivity contribution >= 4 is 5.78 Å². The number of hydrogen-bond acceptors (Lipinski definition) is 2. The highest BCUT2D eigenvalue weighted by Gasteiger charge is 2.42. The molecule has 1 unspecified atom stereocenters. The fraction of sp³-hybridized carbons (Fsp3) is 0.938. The largest absolute Gasteiger partial charge is 0.319 e. The molecule has 0 spiro atoms. The molecular formula is C16H31NO. The summed E-state index contributed by atoms with van der Waals surface area (Å²) in [6.07, 6.45) is 13.2. The fourth-order valence-electron chi connectivity index (χ4n) is 2.60. The predicted octanol–water partition coefficient (Wildman–Crippen LogP) is 4.21. The Morgan fingerprint density at radius 1 is 1.06 bits per heavy atom. The quantitative estimate of drug-likeness (QED) is 0.560. The molecule has 2 N–H and O–H groups in total. The van der Waals surface area contributed by atoms with Crippen LogP contribution in [0.5, 0.6) is 0 Å². The fourth-order valence-corrected chi connectivity index (χ4v) is 2.60. The molecule has 0 amide bonds. The molecular weight excluding hydrogens is 222 g/mol. The topological polar surface area (TPSA) is 43.1 Å². The van der Waals surface area contributed by atoms with E-state index in [-0.39, 0.29) is 5.78 Å². The second-order valence-electron chi connectivity index (χ2n) is 6.21. The summed E-state index contributed by atoms with van der Waals surface area (Å²) >= 11 is 0. The summed E-state index contributed by atoms with van der Waals surface area (Å²) in [6.45, 7) is 4.17. The molecule has 0 saturated heterocycles. The lowest BCUT2D eigenvalue weighted by Crippen LogP contribution is -2.46. The average Bonchev–Trinajstić information content (AvgIpc) is 3.16. The van der Waals surface area contributed by atoms with Crippen molar-refractivity contribution in [1.29, 1.82) is 0 Å². The Bertz CT molecular complexity index is 243. The highest BCUT2D eigenvalue weighted by atomic mass is 16.1. The van der Waals surface area contributed by atoms with Gasteiger partial charge in [-0.25, -0.2) is 0 Å². The molecule has 0 aromatic rings. The van der Waals surface area contributed by atoms with E-state index in [9.17, 15) is 4.79 Å². The van der Waals surface area contributed by atoms with Gasteiger partial charge in [0.2, 0.25) is 0 Å². The second kappa shape index (κ2) is 7.93. The van der Waals surface area contributed by atoms with Gasteiger partial charge in [-0.1, -0.05) is 51.9 Å². The zero-order valence-electron chi connectivity index (χ0n) is 12.3. The van der Waals surface area contributed by atoms with Crippen molar-refractivity contribution in [2.75, 3.05) is 0 Å². The zero-order chi connectivity index (χ0) is 13.4. The van der Waals surface area contributed by atoms with Gasteiger partial charge in [-0.05, 0) is 32.1 Å². The zero-order valence-corrected chi connectivity index (χ0v) is 12.3. The van der Waals surface area contributed by atoms with Gasteiger partial charge in [0.1, 0.15) is 0 Å². The molecule has 0 aromatic heterocycles. The Morgan fingerprint density at radius 3 is 2.06 bits per heavy atom. The van der Waals surface area contributed by atoms with Crippen LogP contribution in [-0.2, 0) is 4.79 Å². The highest BCUT2D eigenvalue weighted by Crippen LogP contribution is 2.39. The maximum Gasteiger partial charge on any atom is 0.152 e. The van der Waals surface area contributed by atoms with Gasteiger partial charge in [-0.15, -0.1) is 0 Å². The van der Waals surface area contributed by atoms with Crippen LogP contribution in [0.25, 0.3) is 0 Å². The Hall–Kier alpha value is -0.370. The average molecular weight is 253 g/mol. The van der Waals surface area contributed by atoms with Gasteiger partial charge in [0.15, 0.2) is 5.78 Å². The molecule has 1 rings (SSSR count). The first-order valence-electron chi connectivity index (χ1n) is 7.91. The van der Waals surface area contributed by atoms with E-state index in [4.69, 9.17) is 5.73 Å². The van der Waals surface area contributed by atoms with Crippen LogP contribution in [0.2, 0.25) is 0 Å². The van der Waals surface area contributed by atoms with Crippen LogP contribution in [0.3, 0.4) is 0 Å². The van der Waals surface area contributed by atoms with Crippen molar-refractivity contribution in [3.05, 3.63) is 0 Å². The number of ketones is 1. The minimum Gasteiger partial charge on any atom is -0.319 e. The van der Waals surface area contributed by atoms with E-state index in [2.05, 4.69) is 6.92 Å². The number of Topliss-reactive ketones (excluding diaryl/α,β-unsaturated/α-hetero) is 1. The van der Waals surface area contributed by atoms with Crippen LogP contribution in [0.4, 0.5) is 0 Å². The minimum absolute atomic E-state index is 0.288. The maximum absolute atomic E-state index is 12.0. The monoisotopic (exact) mass is 253 g/mol. The summed E-state index contributed by atoms with van der Waals surface area (Å²) < 4.78 is 0. The standard InChI is InChI=1S/C16H31NO/c1-3-4-5-6-7-8-9-10-11-15(18)16(2,17)14-12-13-14/h14H,3-13,17H2,1-2H3. The van der Waals surface area contributed by atoms with E-state index in [1.54, 1.807) is 0 Å². The summed E-state index contributed by atoms with van der Waals surface area (Å²) in [5, 5.41) is 0. The first-order valence-corrected chi connectivity index (χ1v) is 7.91. The van der Waals surface area contributed by atoms with Crippen LogP contribution in [0, 0.1) is 5.92 Å². The minimum atomic E-state index is -0.527. The third-order valence-corrected chi connectivity index (χ3v) is 4.28. The van der Waals surface area contributed by atoms with Crippen LogP contribution in [0.1, 0.15) is 84.5 Å². The molecule has 0 aliphatic heterocycles. The number of carbonyl (C=O) groups is 1. The van der Waals surface area contributed by atoms with Crippen LogP contribution in [-0.4, -0.2) is 11.3 Å². The smallest absolute Gasteiger partial charge is 0.152 e. The molecule has 18 heavy (non-hydrogen) atoms. The molecule has 106 valence electrons. The number of hydrogen-bond donors (Lipinski definition) is 1. The Balaban J connectivity index is 1.95. The lowest BCUT2D eigenvalue weighted by Gasteiger charge is -2.22. The van der Waals surface area contributed by atoms with Crippen molar-refractivity contribution in [2.24, 2.45) is 11.7 Å². The Kier molecular flexibility index (Phi) is 6.91. The van der Waals surface area contributed by atoms with E-state index < -0.39 is 5.54 Å². The summed E-state index contributed by atoms with van der Waals surface area (Å²) in [6, 6.07) is 0. The van der Waals surface area contributed by atoms with E-state index in [0.29, 0.717) is 12.3 Å². The first kappa shape index (κ1) is 15.7. The van der Waals surface area contributed by atoms with Gasteiger partial charge in [0.25, 0.3) is 0 Å². The summed E-state index contributed by atoms with van der Waals surface area (Å²) in [5.41, 5.74) is 5.59. The molecule has 0 radical (unpaired) electrons. The van der Waals surface area contributed by atoms with Gasteiger partial charge in [0.05, 0.1) is 5.54 Å². The lowest BCUT2D eigenvalue weighted by molar-refractivity contribution is -0.124. The normalized spacial score (nSPS) is 18.6. The van der Waals surface area contributed by atoms with E-state index in [1.165, 1.54) is 44.9 Å². The van der Waals surface area contributed by atoms with Crippen LogP contribution in [0.15, 0.2) is 0 Å². The predicted molar refractivity (Wildman–Crippen MR) is 77.6 cm³/mol. The molecule has 1 aliphatic rings. The second-order valence-corrected chi connectivity index (χ2v) is 6.21. The molecule has 0 bridgehead atoms. The number of nitrogens with two attached hydrogens (primary N) is 1. The molecule has 2 nitrogen and oxygen atoms in total. The SMILES string of the molecule is CCCCCCCCCCC(=O)C(C)(N)C1CC1.